The number of hydrogen-bond acceptors (Lipinski definition) is 4. The fourth-order valence-electron chi connectivity index (χ4n) is 4.36. The van der Waals surface area contributed by atoms with Gasteiger partial charge in [-0.2, -0.15) is 0 Å². The Kier molecular flexibility index (Phi) is 7.50. The number of nitrogens with one attached hydrogen (secondary N) is 2. The number of amides is 4. The highest BCUT2D eigenvalue weighted by Gasteiger charge is 2.30. The molecule has 0 radical (unpaired) electrons. The molecule has 0 spiro atoms. The summed E-state index contributed by atoms with van der Waals surface area (Å²) in [6.45, 7) is 3.05. The third-order valence-electron chi connectivity index (χ3n) is 6.20. The summed E-state index contributed by atoms with van der Waals surface area (Å²) < 4.78 is 5.14. The van der Waals surface area contributed by atoms with Gasteiger partial charge in [-0.3, -0.25) is 9.59 Å². The lowest BCUT2D eigenvalue weighted by atomic mass is 9.98. The number of methoxy groups -OCH3 is 1. The van der Waals surface area contributed by atoms with Crippen molar-refractivity contribution >= 4 is 34.3 Å². The molecule has 4 rings (SSSR count). The molecular weight excluding hydrogens is 444 g/mol. The number of carbonyl (C=O) groups is 3. The summed E-state index contributed by atoms with van der Waals surface area (Å²) >= 11 is 0. The van der Waals surface area contributed by atoms with E-state index in [9.17, 15) is 14.4 Å². The third-order valence-corrected chi connectivity index (χ3v) is 6.20. The molecule has 3 aromatic carbocycles. The summed E-state index contributed by atoms with van der Waals surface area (Å²) in [5.74, 6) is 0.330. The van der Waals surface area contributed by atoms with E-state index in [4.69, 9.17) is 4.74 Å². The molecule has 0 saturated carbocycles. The molecule has 1 aliphatic heterocycles. The topological polar surface area (TPSA) is 91.0 Å². The minimum absolute atomic E-state index is 0.136. The minimum atomic E-state index is -0.669. The van der Waals surface area contributed by atoms with Gasteiger partial charge in [-0.15, -0.1) is 0 Å². The van der Waals surface area contributed by atoms with Gasteiger partial charge in [-0.1, -0.05) is 42.5 Å². The van der Waals surface area contributed by atoms with Crippen molar-refractivity contribution in [1.82, 2.24) is 15.1 Å². The van der Waals surface area contributed by atoms with E-state index in [1.54, 1.807) is 41.2 Å². The van der Waals surface area contributed by atoms with Gasteiger partial charge < -0.3 is 25.2 Å². The van der Waals surface area contributed by atoms with Crippen LogP contribution in [0.5, 0.6) is 5.75 Å². The Morgan fingerprint density at radius 3 is 2.23 bits per heavy atom. The smallest absolute Gasteiger partial charge is 0.321 e. The first-order valence-corrected chi connectivity index (χ1v) is 11.7. The summed E-state index contributed by atoms with van der Waals surface area (Å²) in [6.07, 6.45) is 0.401. The molecule has 8 heteroatoms. The largest absolute Gasteiger partial charge is 0.497 e. The first-order valence-electron chi connectivity index (χ1n) is 11.7. The number of ether oxygens (including phenoxy) is 1. The van der Waals surface area contributed by atoms with Crippen molar-refractivity contribution in [3.05, 3.63) is 72.3 Å². The highest BCUT2D eigenvalue weighted by atomic mass is 16.5. The number of nitrogens with zero attached hydrogens (tertiary/aromatic N) is 2. The number of urea groups is 1. The summed E-state index contributed by atoms with van der Waals surface area (Å²) in [5, 5.41) is 7.87. The van der Waals surface area contributed by atoms with Crippen molar-refractivity contribution < 1.29 is 19.1 Å². The van der Waals surface area contributed by atoms with Crippen molar-refractivity contribution in [3.8, 4) is 5.75 Å². The van der Waals surface area contributed by atoms with E-state index in [1.807, 2.05) is 42.5 Å². The molecule has 2 N–H and O–H groups in total. The van der Waals surface area contributed by atoms with Gasteiger partial charge in [0.15, 0.2) is 0 Å². The quantitative estimate of drug-likeness (QED) is 0.574. The number of hydrogen-bond donors (Lipinski definition) is 2. The zero-order chi connectivity index (χ0) is 24.8. The van der Waals surface area contributed by atoms with E-state index in [-0.39, 0.29) is 17.8 Å². The van der Waals surface area contributed by atoms with Crippen LogP contribution in [0.25, 0.3) is 10.8 Å². The first-order chi connectivity index (χ1) is 16.9. The fourth-order valence-corrected chi connectivity index (χ4v) is 4.36. The molecule has 182 valence electrons. The SMILES string of the molecule is COc1ccc(NC(=O)N2CCN(C(=O)[C@@H](Cc3cccc4ccccc34)NC(C)=O)CC2)cc1. The van der Waals surface area contributed by atoms with Gasteiger partial charge in [0.1, 0.15) is 11.8 Å². The second kappa shape index (κ2) is 10.9. The number of benzene rings is 3. The Hall–Kier alpha value is -4.07. The number of piperazine rings is 1. The van der Waals surface area contributed by atoms with Crippen LogP contribution >= 0.6 is 0 Å². The predicted molar refractivity (Wildman–Crippen MR) is 135 cm³/mol. The molecular formula is C27H30N4O4. The number of anilines is 1. The zero-order valence-corrected chi connectivity index (χ0v) is 20.0. The normalized spacial score (nSPS) is 14.3. The standard InChI is InChI=1S/C27H30N4O4/c1-19(32)28-25(18-21-8-5-7-20-6-3-4-9-24(20)21)26(33)30-14-16-31(17-15-30)27(34)29-22-10-12-23(35-2)13-11-22/h3-13,25H,14-18H2,1-2H3,(H,28,32)(H,29,34)/t25-/m1/s1. The van der Waals surface area contributed by atoms with E-state index in [2.05, 4.69) is 10.6 Å². The van der Waals surface area contributed by atoms with E-state index >= 15 is 0 Å². The average molecular weight is 475 g/mol. The molecule has 8 nitrogen and oxygen atoms in total. The summed E-state index contributed by atoms with van der Waals surface area (Å²) in [7, 11) is 1.59. The third kappa shape index (κ3) is 5.90. The van der Waals surface area contributed by atoms with Gasteiger partial charge in [0.25, 0.3) is 0 Å². The maximum atomic E-state index is 13.4. The molecule has 0 unspecified atom stereocenters. The molecule has 1 heterocycles. The lowest BCUT2D eigenvalue weighted by Gasteiger charge is -2.36. The van der Waals surface area contributed by atoms with Crippen LogP contribution in [0.15, 0.2) is 66.7 Å². The van der Waals surface area contributed by atoms with Crippen LogP contribution in [0.3, 0.4) is 0 Å². The maximum Gasteiger partial charge on any atom is 0.321 e. The van der Waals surface area contributed by atoms with Crippen LogP contribution in [-0.4, -0.2) is 67.0 Å². The van der Waals surface area contributed by atoms with E-state index < -0.39 is 6.04 Å². The van der Waals surface area contributed by atoms with Crippen molar-refractivity contribution in [3.63, 3.8) is 0 Å². The molecule has 3 aromatic rings. The first kappa shape index (κ1) is 24.1. The van der Waals surface area contributed by atoms with Crippen molar-refractivity contribution in [1.29, 1.82) is 0 Å². The summed E-state index contributed by atoms with van der Waals surface area (Å²) in [5.41, 5.74) is 1.68. The average Bonchev–Trinajstić information content (AvgIpc) is 2.88. The molecule has 1 fully saturated rings. The number of fused-ring (bicyclic) bond motifs is 1. The second-order valence-corrected chi connectivity index (χ2v) is 8.57. The van der Waals surface area contributed by atoms with Crippen LogP contribution in [-0.2, 0) is 16.0 Å². The highest BCUT2D eigenvalue weighted by molar-refractivity contribution is 5.91. The molecule has 0 aromatic heterocycles. The molecule has 1 aliphatic rings. The zero-order valence-electron chi connectivity index (χ0n) is 20.0. The summed E-state index contributed by atoms with van der Waals surface area (Å²) in [6, 6.07) is 20.2. The predicted octanol–water partition coefficient (Wildman–Crippen LogP) is 3.27. The van der Waals surface area contributed by atoms with Gasteiger partial charge in [0.2, 0.25) is 11.8 Å². The molecule has 1 saturated heterocycles. The Balaban J connectivity index is 1.39. The Labute approximate surface area is 204 Å². The van der Waals surface area contributed by atoms with Crippen LogP contribution in [0.2, 0.25) is 0 Å². The lowest BCUT2D eigenvalue weighted by molar-refractivity contribution is -0.137. The molecule has 0 bridgehead atoms. The van der Waals surface area contributed by atoms with Gasteiger partial charge in [-0.05, 0) is 40.6 Å². The maximum absolute atomic E-state index is 13.4. The highest BCUT2D eigenvalue weighted by Crippen LogP contribution is 2.21. The van der Waals surface area contributed by atoms with Gasteiger partial charge >= 0.3 is 6.03 Å². The number of rotatable bonds is 6. The fraction of sp³-hybridized carbons (Fsp3) is 0.296. The monoisotopic (exact) mass is 474 g/mol. The molecule has 35 heavy (non-hydrogen) atoms. The van der Waals surface area contributed by atoms with Crippen LogP contribution in [0.4, 0.5) is 10.5 Å². The molecule has 0 aliphatic carbocycles. The van der Waals surface area contributed by atoms with Crippen LogP contribution in [0.1, 0.15) is 12.5 Å². The van der Waals surface area contributed by atoms with Gasteiger partial charge in [-0.25, -0.2) is 4.79 Å². The Bertz CT molecular complexity index is 1200. The van der Waals surface area contributed by atoms with Gasteiger partial charge in [0.05, 0.1) is 7.11 Å². The second-order valence-electron chi connectivity index (χ2n) is 8.57. The van der Waals surface area contributed by atoms with E-state index in [1.165, 1.54) is 6.92 Å². The van der Waals surface area contributed by atoms with Crippen LogP contribution in [0, 0.1) is 0 Å². The minimum Gasteiger partial charge on any atom is -0.497 e. The van der Waals surface area contributed by atoms with Gasteiger partial charge in [0, 0.05) is 45.2 Å². The van der Waals surface area contributed by atoms with Crippen molar-refractivity contribution in [2.24, 2.45) is 0 Å². The molecule has 1 atom stereocenters. The molecule has 4 amide bonds. The van der Waals surface area contributed by atoms with E-state index in [0.29, 0.717) is 44.0 Å². The van der Waals surface area contributed by atoms with Crippen molar-refractivity contribution in [2.45, 2.75) is 19.4 Å². The van der Waals surface area contributed by atoms with E-state index in [0.717, 1.165) is 16.3 Å². The van der Waals surface area contributed by atoms with Crippen LogP contribution < -0.4 is 15.4 Å². The lowest BCUT2D eigenvalue weighted by Crippen LogP contribution is -2.56. The summed E-state index contributed by atoms with van der Waals surface area (Å²) in [4.78, 5) is 41.4. The Morgan fingerprint density at radius 1 is 0.886 bits per heavy atom. The number of carbonyl (C=O) groups excluding carboxylic acids is 3. The Morgan fingerprint density at radius 2 is 1.54 bits per heavy atom. The van der Waals surface area contributed by atoms with Crippen molar-refractivity contribution in [2.75, 3.05) is 38.6 Å².